The Morgan fingerprint density at radius 2 is 2.13 bits per heavy atom. The molecule has 2 rings (SSSR count). The predicted octanol–water partition coefficient (Wildman–Crippen LogP) is 0.967. The summed E-state index contributed by atoms with van der Waals surface area (Å²) in [6.45, 7) is 2.42. The van der Waals surface area contributed by atoms with Crippen molar-refractivity contribution in [3.05, 3.63) is 28.3 Å². The Balaban J connectivity index is 1.74. The first-order valence-electron chi connectivity index (χ1n) is 10.3. The largest absolute Gasteiger partial charge is 0.395 e. The molecule has 11 nitrogen and oxygen atoms in total. The van der Waals surface area contributed by atoms with Gasteiger partial charge < -0.3 is 21.4 Å². The Morgan fingerprint density at radius 1 is 1.37 bits per heavy atom. The van der Waals surface area contributed by atoms with Crippen LogP contribution in [0.5, 0.6) is 0 Å². The summed E-state index contributed by atoms with van der Waals surface area (Å²) in [6.07, 6.45) is 6.22. The smallest absolute Gasteiger partial charge is 0.292 e. The molecule has 0 spiro atoms. The molecule has 1 heterocycles. The molecular formula is C19H33N7O4. The van der Waals surface area contributed by atoms with Crippen LogP contribution in [0.3, 0.4) is 0 Å². The molecule has 7 N–H and O–H groups in total. The molecule has 1 aliphatic heterocycles. The van der Waals surface area contributed by atoms with Crippen molar-refractivity contribution in [3.8, 4) is 0 Å². The maximum atomic E-state index is 11.3. The third kappa shape index (κ3) is 7.10. The van der Waals surface area contributed by atoms with Crippen LogP contribution in [-0.2, 0) is 0 Å². The van der Waals surface area contributed by atoms with Gasteiger partial charge >= 0.3 is 0 Å². The fourth-order valence-corrected chi connectivity index (χ4v) is 3.70. The molecule has 0 saturated carbocycles. The second-order valence-electron chi connectivity index (χ2n) is 7.52. The minimum absolute atomic E-state index is 0.0147. The summed E-state index contributed by atoms with van der Waals surface area (Å²) >= 11 is 0. The molecule has 0 aromatic heterocycles. The number of hydrogen-bond acceptors (Lipinski definition) is 9. The van der Waals surface area contributed by atoms with Gasteiger partial charge in [-0.05, 0) is 44.4 Å². The van der Waals surface area contributed by atoms with E-state index in [1.165, 1.54) is 23.5 Å². The summed E-state index contributed by atoms with van der Waals surface area (Å²) in [5.41, 5.74) is 0.914. The number of hydrazone groups is 1. The average molecular weight is 424 g/mol. The number of nitrogens with one attached hydrogen (secondary N) is 1. The normalized spacial score (nSPS) is 19.8. The lowest BCUT2D eigenvalue weighted by molar-refractivity contribution is -0.383. The van der Waals surface area contributed by atoms with Crippen molar-refractivity contribution < 1.29 is 15.1 Å². The van der Waals surface area contributed by atoms with E-state index in [1.807, 2.05) is 0 Å². The maximum Gasteiger partial charge on any atom is 0.292 e. The summed E-state index contributed by atoms with van der Waals surface area (Å²) in [6, 6.07) is 4.58. The highest BCUT2D eigenvalue weighted by molar-refractivity contribution is 5.80. The van der Waals surface area contributed by atoms with E-state index in [2.05, 4.69) is 15.3 Å². The highest BCUT2D eigenvalue weighted by atomic mass is 16.6. The number of hydrazine groups is 1. The minimum atomic E-state index is -0.433. The molecule has 1 aromatic rings. The first kappa shape index (κ1) is 23.8. The first-order valence-corrected chi connectivity index (χ1v) is 10.3. The molecule has 1 saturated heterocycles. The molecular weight excluding hydrogens is 390 g/mol. The van der Waals surface area contributed by atoms with Crippen LogP contribution >= 0.6 is 0 Å². The van der Waals surface area contributed by atoms with Gasteiger partial charge in [0.25, 0.3) is 5.69 Å². The fourth-order valence-electron chi connectivity index (χ4n) is 3.70. The molecule has 168 valence electrons. The number of nitro groups is 1. The van der Waals surface area contributed by atoms with Crippen molar-refractivity contribution in [3.63, 3.8) is 0 Å². The van der Waals surface area contributed by atoms with Crippen LogP contribution < -0.4 is 22.0 Å². The second-order valence-corrected chi connectivity index (χ2v) is 7.52. The molecule has 2 unspecified atom stereocenters. The second kappa shape index (κ2) is 12.3. The number of aliphatic hydroxyl groups is 2. The van der Waals surface area contributed by atoms with Crippen molar-refractivity contribution in [1.29, 1.82) is 0 Å². The summed E-state index contributed by atoms with van der Waals surface area (Å²) in [5, 5.41) is 38.1. The van der Waals surface area contributed by atoms with Gasteiger partial charge in [0.15, 0.2) is 0 Å². The molecule has 11 heteroatoms. The zero-order valence-electron chi connectivity index (χ0n) is 17.2. The lowest BCUT2D eigenvalue weighted by atomic mass is 9.99. The number of likely N-dealkylation sites (tertiary alicyclic amines) is 1. The number of aliphatic hydroxyl groups excluding tert-OH is 2. The van der Waals surface area contributed by atoms with Gasteiger partial charge in [-0.1, -0.05) is 12.8 Å². The van der Waals surface area contributed by atoms with Crippen LogP contribution in [0.4, 0.5) is 17.1 Å². The van der Waals surface area contributed by atoms with Gasteiger partial charge in [-0.2, -0.15) is 5.10 Å². The van der Waals surface area contributed by atoms with E-state index in [9.17, 15) is 20.3 Å². The van der Waals surface area contributed by atoms with Crippen LogP contribution in [-0.4, -0.2) is 64.8 Å². The molecule has 2 atom stereocenters. The molecule has 1 fully saturated rings. The van der Waals surface area contributed by atoms with Gasteiger partial charge in [0.2, 0.25) is 0 Å². The quantitative estimate of drug-likeness (QED) is 0.0821. The SMILES string of the molecule is N/N=C\N(N)c1ccc([N+](=O)[O-])c(NCCCCCCN2CCC(O)CC2CO)c1. The van der Waals surface area contributed by atoms with Crippen molar-refractivity contribution in [2.45, 2.75) is 50.7 Å². The van der Waals surface area contributed by atoms with Gasteiger partial charge in [0, 0.05) is 25.2 Å². The number of nitrogens with two attached hydrogens (primary N) is 2. The summed E-state index contributed by atoms with van der Waals surface area (Å²) < 4.78 is 0. The van der Waals surface area contributed by atoms with E-state index in [0.717, 1.165) is 45.2 Å². The van der Waals surface area contributed by atoms with Gasteiger partial charge in [-0.25, -0.2) is 5.84 Å². The zero-order chi connectivity index (χ0) is 21.9. The highest BCUT2D eigenvalue weighted by Gasteiger charge is 2.26. The minimum Gasteiger partial charge on any atom is -0.395 e. The average Bonchev–Trinajstić information content (AvgIpc) is 2.73. The number of piperidine rings is 1. The van der Waals surface area contributed by atoms with Crippen molar-refractivity contribution in [2.24, 2.45) is 16.8 Å². The lowest BCUT2D eigenvalue weighted by Crippen LogP contribution is -2.46. The summed E-state index contributed by atoms with van der Waals surface area (Å²) in [7, 11) is 0. The summed E-state index contributed by atoms with van der Waals surface area (Å²) in [5.74, 6) is 10.9. The van der Waals surface area contributed by atoms with E-state index in [4.69, 9.17) is 11.7 Å². The van der Waals surface area contributed by atoms with E-state index in [-0.39, 0.29) is 24.4 Å². The van der Waals surface area contributed by atoms with Crippen LogP contribution in [0.15, 0.2) is 23.3 Å². The van der Waals surface area contributed by atoms with Gasteiger partial charge in [-0.15, -0.1) is 0 Å². The molecule has 0 aliphatic carbocycles. The Bertz CT molecular complexity index is 703. The number of unbranched alkanes of at least 4 members (excludes halogenated alkanes) is 3. The van der Waals surface area contributed by atoms with Gasteiger partial charge in [-0.3, -0.25) is 20.0 Å². The monoisotopic (exact) mass is 423 g/mol. The van der Waals surface area contributed by atoms with Crippen molar-refractivity contribution in [1.82, 2.24) is 4.90 Å². The van der Waals surface area contributed by atoms with E-state index in [0.29, 0.717) is 24.3 Å². The number of anilines is 2. The van der Waals surface area contributed by atoms with Crippen LogP contribution in [0, 0.1) is 10.1 Å². The zero-order valence-corrected chi connectivity index (χ0v) is 17.2. The maximum absolute atomic E-state index is 11.3. The first-order chi connectivity index (χ1) is 14.5. The molecule has 0 bridgehead atoms. The molecule has 1 aromatic carbocycles. The topological polar surface area (TPSA) is 167 Å². The Kier molecular flexibility index (Phi) is 9.74. The predicted molar refractivity (Wildman–Crippen MR) is 117 cm³/mol. The van der Waals surface area contributed by atoms with Crippen LogP contribution in [0.25, 0.3) is 0 Å². The Morgan fingerprint density at radius 3 is 2.83 bits per heavy atom. The van der Waals surface area contributed by atoms with Gasteiger partial charge in [0.05, 0.1) is 23.3 Å². The number of nitrogens with zero attached hydrogens (tertiary/aromatic N) is 4. The van der Waals surface area contributed by atoms with Gasteiger partial charge in [0.1, 0.15) is 12.0 Å². The number of nitro benzene ring substituents is 1. The van der Waals surface area contributed by atoms with E-state index >= 15 is 0 Å². The fraction of sp³-hybridized carbons (Fsp3) is 0.632. The standard InChI is InChI=1S/C19H33N7O4/c20-23-14-25(21)15-5-6-19(26(29)30)18(12-15)22-8-3-1-2-4-9-24-10-7-17(28)11-16(24)13-27/h5-6,12,14,16-17,22,27-28H,1-4,7-11,13,20-21H2/b23-14-. The molecule has 0 radical (unpaired) electrons. The van der Waals surface area contributed by atoms with E-state index in [1.54, 1.807) is 6.07 Å². The number of hydrogen-bond donors (Lipinski definition) is 5. The molecule has 0 amide bonds. The number of benzene rings is 1. The van der Waals surface area contributed by atoms with Crippen molar-refractivity contribution >= 4 is 23.4 Å². The lowest BCUT2D eigenvalue weighted by Gasteiger charge is -2.36. The van der Waals surface area contributed by atoms with Crippen LogP contribution in [0.2, 0.25) is 0 Å². The van der Waals surface area contributed by atoms with E-state index < -0.39 is 4.92 Å². The summed E-state index contributed by atoms with van der Waals surface area (Å²) in [4.78, 5) is 13.1. The third-order valence-corrected chi connectivity index (χ3v) is 5.37. The molecule has 1 aliphatic rings. The Hall–Kier alpha value is -2.47. The number of rotatable bonds is 12. The van der Waals surface area contributed by atoms with Crippen LogP contribution in [0.1, 0.15) is 38.5 Å². The highest BCUT2D eigenvalue weighted by Crippen LogP contribution is 2.28. The van der Waals surface area contributed by atoms with Crippen molar-refractivity contribution in [2.75, 3.05) is 36.6 Å². The molecule has 30 heavy (non-hydrogen) atoms. The Labute approximate surface area is 176 Å². The third-order valence-electron chi connectivity index (χ3n) is 5.37.